The molecule has 0 spiro atoms. The molecule has 3 heteroatoms. The summed E-state index contributed by atoms with van der Waals surface area (Å²) in [6, 6.07) is 16.7. The minimum Gasteiger partial charge on any atom is -0.397 e. The number of hydrogen-bond acceptors (Lipinski definition) is 2. The molecule has 0 saturated carbocycles. The van der Waals surface area contributed by atoms with Crippen LogP contribution in [0.25, 0.3) is 0 Å². The molecule has 24 heavy (non-hydrogen) atoms. The van der Waals surface area contributed by atoms with Crippen molar-refractivity contribution in [3.63, 3.8) is 0 Å². The Hall–Kier alpha value is -2.26. The molecule has 0 bridgehead atoms. The Morgan fingerprint density at radius 1 is 1.00 bits per heavy atom. The van der Waals surface area contributed by atoms with Crippen LogP contribution in [0.3, 0.4) is 0 Å². The zero-order chi connectivity index (χ0) is 16.8. The summed E-state index contributed by atoms with van der Waals surface area (Å²) in [6.07, 6.45) is 13.8. The largest absolute Gasteiger partial charge is 0.397 e. The van der Waals surface area contributed by atoms with Crippen molar-refractivity contribution in [2.75, 3.05) is 11.1 Å². The molecule has 0 aliphatic heterocycles. The number of halogens is 1. The Bertz CT molecular complexity index is 763. The van der Waals surface area contributed by atoms with E-state index in [1.165, 1.54) is 5.56 Å². The van der Waals surface area contributed by atoms with Crippen molar-refractivity contribution >= 4 is 27.3 Å². The summed E-state index contributed by atoms with van der Waals surface area (Å²) in [5, 5.41) is 3.65. The fraction of sp³-hybridized carbons (Fsp3) is 0.143. The van der Waals surface area contributed by atoms with Gasteiger partial charge in [0.25, 0.3) is 0 Å². The molecular weight excluding hydrogens is 360 g/mol. The first kappa shape index (κ1) is 16.6. The summed E-state index contributed by atoms with van der Waals surface area (Å²) < 4.78 is 0.987. The van der Waals surface area contributed by atoms with Crippen LogP contribution in [0.2, 0.25) is 0 Å². The minimum absolute atomic E-state index is 0.155. The van der Waals surface area contributed by atoms with E-state index >= 15 is 0 Å². The van der Waals surface area contributed by atoms with Crippen LogP contribution in [0, 0.1) is 5.92 Å². The van der Waals surface area contributed by atoms with E-state index in [0.29, 0.717) is 5.92 Å². The van der Waals surface area contributed by atoms with Gasteiger partial charge in [-0.25, -0.2) is 0 Å². The van der Waals surface area contributed by atoms with Gasteiger partial charge in [-0.15, -0.1) is 0 Å². The highest BCUT2D eigenvalue weighted by atomic mass is 79.9. The van der Waals surface area contributed by atoms with Gasteiger partial charge < -0.3 is 11.1 Å². The second-order valence-electron chi connectivity index (χ2n) is 5.86. The fourth-order valence-corrected chi connectivity index (χ4v) is 3.28. The highest BCUT2D eigenvalue weighted by molar-refractivity contribution is 9.10. The molecule has 0 radical (unpaired) electrons. The second-order valence-corrected chi connectivity index (χ2v) is 6.78. The Morgan fingerprint density at radius 2 is 1.79 bits per heavy atom. The van der Waals surface area contributed by atoms with Gasteiger partial charge in [-0.1, -0.05) is 82.7 Å². The average molecular weight is 381 g/mol. The van der Waals surface area contributed by atoms with E-state index in [1.807, 2.05) is 24.3 Å². The smallest absolute Gasteiger partial charge is 0.0580 e. The molecule has 0 amide bonds. The lowest BCUT2D eigenvalue weighted by molar-refractivity contribution is 0.559. The first-order chi connectivity index (χ1) is 11.7. The molecule has 2 unspecified atom stereocenters. The van der Waals surface area contributed by atoms with Crippen LogP contribution in [0.1, 0.15) is 18.0 Å². The third kappa shape index (κ3) is 4.18. The van der Waals surface area contributed by atoms with E-state index in [4.69, 9.17) is 5.73 Å². The van der Waals surface area contributed by atoms with Crippen LogP contribution < -0.4 is 11.1 Å². The monoisotopic (exact) mass is 380 g/mol. The van der Waals surface area contributed by atoms with Crippen molar-refractivity contribution in [1.29, 1.82) is 0 Å². The summed E-state index contributed by atoms with van der Waals surface area (Å²) in [7, 11) is 0. The maximum Gasteiger partial charge on any atom is 0.0580 e. The summed E-state index contributed by atoms with van der Waals surface area (Å²) in [6.45, 7) is 0. The van der Waals surface area contributed by atoms with Crippen molar-refractivity contribution in [3.8, 4) is 0 Å². The number of anilines is 2. The van der Waals surface area contributed by atoms with E-state index in [-0.39, 0.29) is 6.04 Å². The number of hydrogen-bond donors (Lipinski definition) is 2. The lowest BCUT2D eigenvalue weighted by Crippen LogP contribution is -2.20. The number of nitrogens with two attached hydrogens (primary N) is 1. The molecule has 122 valence electrons. The maximum atomic E-state index is 6.20. The third-order valence-corrected chi connectivity index (χ3v) is 4.64. The normalized spacial score (nSPS) is 22.0. The third-order valence-electron chi connectivity index (χ3n) is 4.15. The fourth-order valence-electron chi connectivity index (χ4n) is 2.91. The van der Waals surface area contributed by atoms with Gasteiger partial charge in [0.05, 0.1) is 17.4 Å². The van der Waals surface area contributed by atoms with E-state index < -0.39 is 0 Å². The molecular formula is C21H21BrN2. The maximum absolute atomic E-state index is 6.20. The molecule has 0 aromatic heterocycles. The summed E-state index contributed by atoms with van der Waals surface area (Å²) in [5.74, 6) is 0.344. The van der Waals surface area contributed by atoms with Gasteiger partial charge in [0.1, 0.15) is 0 Å². The standard InChI is InChI=1S/C21H21BrN2/c22-18-13-14-20(19(23)15-18)24-21(17-11-7-4-8-12-17)16-9-5-2-1-3-6-10-16/h1-9,11-16,21,24H,10,23H2/b2-1-,6-3-,9-5+. The second kappa shape index (κ2) is 8.02. The first-order valence-corrected chi connectivity index (χ1v) is 8.90. The zero-order valence-corrected chi connectivity index (χ0v) is 15.0. The highest BCUT2D eigenvalue weighted by Gasteiger charge is 2.21. The Labute approximate surface area is 151 Å². The van der Waals surface area contributed by atoms with E-state index in [0.717, 1.165) is 22.3 Å². The summed E-state index contributed by atoms with van der Waals surface area (Å²) in [4.78, 5) is 0. The van der Waals surface area contributed by atoms with Crippen LogP contribution in [-0.2, 0) is 0 Å². The van der Waals surface area contributed by atoms with Gasteiger partial charge >= 0.3 is 0 Å². The van der Waals surface area contributed by atoms with Gasteiger partial charge in [-0.05, 0) is 30.2 Å². The van der Waals surface area contributed by atoms with E-state index in [9.17, 15) is 0 Å². The molecule has 2 atom stereocenters. The van der Waals surface area contributed by atoms with Crippen molar-refractivity contribution in [3.05, 3.63) is 95.0 Å². The summed E-state index contributed by atoms with van der Waals surface area (Å²) in [5.41, 5.74) is 9.16. The topological polar surface area (TPSA) is 38.0 Å². The Kier molecular flexibility index (Phi) is 5.55. The molecule has 0 saturated heterocycles. The zero-order valence-electron chi connectivity index (χ0n) is 13.4. The van der Waals surface area contributed by atoms with Crippen LogP contribution >= 0.6 is 15.9 Å². The SMILES string of the molecule is Nc1cc(Br)ccc1NC(c1ccccc1)C1/C=C/C=C\C=C/C1. The predicted molar refractivity (Wildman–Crippen MR) is 107 cm³/mol. The van der Waals surface area contributed by atoms with E-state index in [2.05, 4.69) is 82.0 Å². The average Bonchev–Trinajstić information content (AvgIpc) is 2.56. The first-order valence-electron chi connectivity index (χ1n) is 8.10. The molecule has 2 nitrogen and oxygen atoms in total. The number of allylic oxidation sites excluding steroid dienone is 5. The molecule has 3 rings (SSSR count). The van der Waals surface area contributed by atoms with Gasteiger partial charge in [0.2, 0.25) is 0 Å². The van der Waals surface area contributed by atoms with Crippen molar-refractivity contribution in [1.82, 2.24) is 0 Å². The number of rotatable bonds is 4. The van der Waals surface area contributed by atoms with Crippen LogP contribution in [-0.4, -0.2) is 0 Å². The Morgan fingerprint density at radius 3 is 2.58 bits per heavy atom. The molecule has 1 aliphatic carbocycles. The molecule has 2 aromatic rings. The van der Waals surface area contributed by atoms with Gasteiger partial charge in [-0.2, -0.15) is 0 Å². The van der Waals surface area contributed by atoms with Crippen LogP contribution in [0.15, 0.2) is 89.5 Å². The van der Waals surface area contributed by atoms with Gasteiger partial charge in [-0.3, -0.25) is 0 Å². The number of benzene rings is 2. The van der Waals surface area contributed by atoms with Gasteiger partial charge in [0.15, 0.2) is 0 Å². The molecule has 2 aromatic carbocycles. The highest BCUT2D eigenvalue weighted by Crippen LogP contribution is 2.33. The number of nitrogens with one attached hydrogen (secondary N) is 1. The molecule has 0 fully saturated rings. The van der Waals surface area contributed by atoms with Crippen molar-refractivity contribution in [2.24, 2.45) is 5.92 Å². The lowest BCUT2D eigenvalue weighted by Gasteiger charge is -2.28. The quantitative estimate of drug-likeness (QED) is 0.650. The molecule has 1 aliphatic rings. The minimum atomic E-state index is 0.155. The predicted octanol–water partition coefficient (Wildman–Crippen LogP) is 5.87. The Balaban J connectivity index is 1.94. The summed E-state index contributed by atoms with van der Waals surface area (Å²) >= 11 is 3.47. The van der Waals surface area contributed by atoms with Crippen molar-refractivity contribution < 1.29 is 0 Å². The lowest BCUT2D eigenvalue weighted by atomic mass is 9.88. The molecule has 3 N–H and O–H groups in total. The van der Waals surface area contributed by atoms with Crippen molar-refractivity contribution in [2.45, 2.75) is 12.5 Å². The molecule has 0 heterocycles. The number of nitrogen functional groups attached to an aromatic ring is 1. The van der Waals surface area contributed by atoms with E-state index in [1.54, 1.807) is 0 Å². The van der Waals surface area contributed by atoms with Crippen LogP contribution in [0.5, 0.6) is 0 Å². The van der Waals surface area contributed by atoms with Crippen LogP contribution in [0.4, 0.5) is 11.4 Å². The van der Waals surface area contributed by atoms with Gasteiger partial charge in [0, 0.05) is 10.4 Å².